The van der Waals surface area contributed by atoms with Gasteiger partial charge in [0.25, 0.3) is 0 Å². The second-order valence-corrected chi connectivity index (χ2v) is 3.59. The number of methoxy groups -OCH3 is 1. The van der Waals surface area contributed by atoms with Crippen molar-refractivity contribution in [2.45, 2.75) is 25.3 Å². The van der Waals surface area contributed by atoms with Crippen molar-refractivity contribution in [3.8, 4) is 0 Å². The third kappa shape index (κ3) is 5.77. The van der Waals surface area contributed by atoms with E-state index in [4.69, 9.17) is 16.3 Å². The number of ether oxygens (including phenoxy) is 1. The predicted octanol–water partition coefficient (Wildman–Crippen LogP) is 0.474. The van der Waals surface area contributed by atoms with Crippen LogP contribution in [0.2, 0.25) is 0 Å². The highest BCUT2D eigenvalue weighted by Gasteiger charge is 2.14. The van der Waals surface area contributed by atoms with Crippen molar-refractivity contribution >= 4 is 23.5 Å². The Balaban J connectivity index is 3.81. The normalized spacial score (nSPS) is 14.3. The van der Waals surface area contributed by atoms with Crippen LogP contribution in [-0.2, 0) is 9.53 Å². The van der Waals surface area contributed by atoms with E-state index < -0.39 is 17.3 Å². The van der Waals surface area contributed by atoms with Crippen LogP contribution in [0.15, 0.2) is 0 Å². The average Bonchev–Trinajstić information content (AvgIpc) is 2.03. The van der Waals surface area contributed by atoms with Crippen LogP contribution in [0.5, 0.6) is 0 Å². The van der Waals surface area contributed by atoms with Gasteiger partial charge in [0.15, 0.2) is 0 Å². The summed E-state index contributed by atoms with van der Waals surface area (Å²) >= 11 is 5.45. The van der Waals surface area contributed by atoms with Gasteiger partial charge in [0, 0.05) is 7.11 Å². The highest BCUT2D eigenvalue weighted by molar-refractivity contribution is 6.31. The van der Waals surface area contributed by atoms with Gasteiger partial charge in [0.05, 0.1) is 12.6 Å². The van der Waals surface area contributed by atoms with E-state index >= 15 is 0 Å². The lowest BCUT2D eigenvalue weighted by molar-refractivity contribution is -0.119. The average molecular weight is 223 g/mol. The summed E-state index contributed by atoms with van der Waals surface area (Å²) in [6.07, 6.45) is 0. The van der Waals surface area contributed by atoms with Crippen molar-refractivity contribution in [2.75, 3.05) is 13.7 Å². The first-order valence-corrected chi connectivity index (χ1v) is 4.65. The molecule has 0 aromatic heterocycles. The fourth-order valence-electron chi connectivity index (χ4n) is 0.763. The number of carbonyl (C=O) groups is 2. The van der Waals surface area contributed by atoms with Crippen LogP contribution in [0.4, 0.5) is 4.79 Å². The number of nitrogens with one attached hydrogen (secondary N) is 2. The number of urea groups is 1. The van der Waals surface area contributed by atoms with Crippen molar-refractivity contribution < 1.29 is 14.3 Å². The number of carbonyl (C=O) groups excluding carboxylic acids is 2. The molecule has 14 heavy (non-hydrogen) atoms. The SMILES string of the molecule is COC[C@H](C)NC(=O)NC(=O)[C@H](C)Cl. The molecule has 3 amide bonds. The Hall–Kier alpha value is -0.810. The van der Waals surface area contributed by atoms with Gasteiger partial charge in [0.2, 0.25) is 5.91 Å². The van der Waals surface area contributed by atoms with E-state index in [2.05, 4.69) is 10.6 Å². The molecule has 2 N–H and O–H groups in total. The molecule has 0 saturated carbocycles. The van der Waals surface area contributed by atoms with Gasteiger partial charge in [-0.1, -0.05) is 0 Å². The zero-order valence-electron chi connectivity index (χ0n) is 8.46. The van der Waals surface area contributed by atoms with Crippen LogP contribution in [0.1, 0.15) is 13.8 Å². The van der Waals surface area contributed by atoms with Crippen molar-refractivity contribution in [3.05, 3.63) is 0 Å². The minimum atomic E-state index is -0.724. The maximum atomic E-state index is 11.1. The fraction of sp³-hybridized carbons (Fsp3) is 0.750. The van der Waals surface area contributed by atoms with Crippen LogP contribution in [0.25, 0.3) is 0 Å². The number of halogens is 1. The number of hydrogen-bond donors (Lipinski definition) is 2. The maximum Gasteiger partial charge on any atom is 0.321 e. The first-order chi connectivity index (χ1) is 6.47. The molecule has 0 aromatic rings. The number of rotatable bonds is 4. The van der Waals surface area contributed by atoms with E-state index in [-0.39, 0.29) is 6.04 Å². The van der Waals surface area contributed by atoms with E-state index in [1.165, 1.54) is 14.0 Å². The molecule has 5 nitrogen and oxygen atoms in total. The van der Waals surface area contributed by atoms with Crippen molar-refractivity contribution in [1.29, 1.82) is 0 Å². The Morgan fingerprint density at radius 2 is 2.00 bits per heavy atom. The van der Waals surface area contributed by atoms with E-state index in [1.807, 2.05) is 0 Å². The summed E-state index contributed by atoms with van der Waals surface area (Å²) in [6, 6.07) is -0.717. The largest absolute Gasteiger partial charge is 0.383 e. The highest BCUT2D eigenvalue weighted by atomic mass is 35.5. The van der Waals surface area contributed by atoms with Gasteiger partial charge in [-0.3, -0.25) is 10.1 Å². The summed E-state index contributed by atoms with van der Waals surface area (Å²) < 4.78 is 4.80. The molecule has 0 aliphatic rings. The number of amides is 3. The summed E-state index contributed by atoms with van der Waals surface area (Å²) in [5.41, 5.74) is 0. The number of imide groups is 1. The lowest BCUT2D eigenvalue weighted by atomic mass is 10.4. The molecule has 0 saturated heterocycles. The maximum absolute atomic E-state index is 11.1. The summed E-state index contributed by atoms with van der Waals surface area (Å²) in [5, 5.41) is 3.88. The molecule has 0 aliphatic heterocycles. The van der Waals surface area contributed by atoms with Gasteiger partial charge in [-0.05, 0) is 13.8 Å². The minimum absolute atomic E-state index is 0.154. The monoisotopic (exact) mass is 222 g/mol. The van der Waals surface area contributed by atoms with Crippen molar-refractivity contribution in [2.24, 2.45) is 0 Å². The predicted molar refractivity (Wildman–Crippen MR) is 53.3 cm³/mol. The first kappa shape index (κ1) is 13.2. The molecule has 6 heteroatoms. The molecule has 0 spiro atoms. The van der Waals surface area contributed by atoms with Gasteiger partial charge < -0.3 is 10.1 Å². The summed E-state index contributed by atoms with van der Waals surface area (Å²) in [5.74, 6) is -0.520. The Labute approximate surface area is 88.1 Å². The molecule has 2 atom stereocenters. The Morgan fingerprint density at radius 3 is 2.43 bits per heavy atom. The molecule has 82 valence electrons. The quantitative estimate of drug-likeness (QED) is 0.680. The van der Waals surface area contributed by atoms with Crippen molar-refractivity contribution in [3.63, 3.8) is 0 Å². The van der Waals surface area contributed by atoms with Gasteiger partial charge in [-0.2, -0.15) is 0 Å². The topological polar surface area (TPSA) is 67.4 Å². The second-order valence-electron chi connectivity index (χ2n) is 2.94. The summed E-state index contributed by atoms with van der Waals surface area (Å²) in [6.45, 7) is 3.64. The third-order valence-corrected chi connectivity index (χ3v) is 1.59. The van der Waals surface area contributed by atoms with Crippen LogP contribution >= 0.6 is 11.6 Å². The third-order valence-electron chi connectivity index (χ3n) is 1.39. The highest BCUT2D eigenvalue weighted by Crippen LogP contribution is 1.92. The van der Waals surface area contributed by atoms with Crippen LogP contribution in [0, 0.1) is 0 Å². The Bertz CT molecular complexity index is 209. The molecule has 0 heterocycles. The lowest BCUT2D eigenvalue weighted by Crippen LogP contribution is -2.46. The van der Waals surface area contributed by atoms with E-state index in [1.54, 1.807) is 6.92 Å². The zero-order valence-corrected chi connectivity index (χ0v) is 9.22. The minimum Gasteiger partial charge on any atom is -0.383 e. The van der Waals surface area contributed by atoms with Crippen LogP contribution in [0.3, 0.4) is 0 Å². The zero-order chi connectivity index (χ0) is 11.1. The van der Waals surface area contributed by atoms with E-state index in [0.717, 1.165) is 0 Å². The smallest absolute Gasteiger partial charge is 0.321 e. The molecule has 0 aliphatic carbocycles. The molecule has 0 rings (SSSR count). The molecule has 0 bridgehead atoms. The summed E-state index contributed by atoms with van der Waals surface area (Å²) in [7, 11) is 1.53. The second kappa shape index (κ2) is 6.62. The van der Waals surface area contributed by atoms with Gasteiger partial charge in [-0.15, -0.1) is 11.6 Å². The fourth-order valence-corrected chi connectivity index (χ4v) is 0.817. The molecular weight excluding hydrogens is 208 g/mol. The van der Waals surface area contributed by atoms with E-state index in [9.17, 15) is 9.59 Å². The van der Waals surface area contributed by atoms with Gasteiger partial charge >= 0.3 is 6.03 Å². The summed E-state index contributed by atoms with van der Waals surface area (Å²) in [4.78, 5) is 22.0. The molecular formula is C8H15ClN2O3. The van der Waals surface area contributed by atoms with Gasteiger partial charge in [0.1, 0.15) is 5.38 Å². The Morgan fingerprint density at radius 1 is 1.43 bits per heavy atom. The van der Waals surface area contributed by atoms with Crippen molar-refractivity contribution in [1.82, 2.24) is 10.6 Å². The van der Waals surface area contributed by atoms with Crippen LogP contribution in [-0.4, -0.2) is 37.1 Å². The first-order valence-electron chi connectivity index (χ1n) is 4.21. The molecule has 0 unspecified atom stereocenters. The van der Waals surface area contributed by atoms with Crippen LogP contribution < -0.4 is 10.6 Å². The molecule has 0 radical (unpaired) electrons. The number of alkyl halides is 1. The van der Waals surface area contributed by atoms with E-state index in [0.29, 0.717) is 6.61 Å². The molecule has 0 fully saturated rings. The lowest BCUT2D eigenvalue weighted by Gasteiger charge is -2.13. The number of hydrogen-bond acceptors (Lipinski definition) is 3. The standard InChI is InChI=1S/C8H15ClN2O3/c1-5(4-14-3)10-8(13)11-7(12)6(2)9/h5-6H,4H2,1-3H3,(H2,10,11,12,13)/t5-,6-/m0/s1. The van der Waals surface area contributed by atoms with Gasteiger partial charge in [-0.25, -0.2) is 4.79 Å². The Kier molecular flexibility index (Phi) is 6.23. The molecule has 0 aromatic carbocycles.